The summed E-state index contributed by atoms with van der Waals surface area (Å²) in [5.74, 6) is -0.193. The van der Waals surface area contributed by atoms with Crippen LogP contribution in [0.3, 0.4) is 0 Å². The predicted molar refractivity (Wildman–Crippen MR) is 114 cm³/mol. The van der Waals surface area contributed by atoms with Gasteiger partial charge in [-0.3, -0.25) is 9.78 Å². The Bertz CT molecular complexity index is 1240. The first kappa shape index (κ1) is 18.2. The van der Waals surface area contributed by atoms with E-state index >= 15 is 0 Å². The third-order valence-corrected chi connectivity index (χ3v) is 6.41. The Labute approximate surface area is 176 Å². The molecule has 29 heavy (non-hydrogen) atoms. The number of fused-ring (bicyclic) bond motifs is 2. The van der Waals surface area contributed by atoms with Crippen LogP contribution in [0.2, 0.25) is 5.02 Å². The molecule has 144 valence electrons. The zero-order valence-corrected chi connectivity index (χ0v) is 17.0. The van der Waals surface area contributed by atoms with E-state index in [1.807, 2.05) is 31.2 Å². The molecule has 0 radical (unpaired) electrons. The quantitative estimate of drug-likeness (QED) is 0.492. The van der Waals surface area contributed by atoms with Gasteiger partial charge in [0, 0.05) is 28.3 Å². The van der Waals surface area contributed by atoms with Crippen LogP contribution in [-0.4, -0.2) is 25.9 Å². The van der Waals surface area contributed by atoms with Crippen molar-refractivity contribution in [2.45, 2.75) is 19.2 Å². The average molecular weight is 422 g/mol. The molecule has 3 heterocycles. The highest BCUT2D eigenvalue weighted by molar-refractivity contribution is 7.13. The van der Waals surface area contributed by atoms with Crippen molar-refractivity contribution in [1.82, 2.24) is 14.9 Å². The van der Waals surface area contributed by atoms with Crippen molar-refractivity contribution in [3.63, 3.8) is 0 Å². The van der Waals surface area contributed by atoms with Gasteiger partial charge in [0.2, 0.25) is 0 Å². The number of rotatable bonds is 3. The van der Waals surface area contributed by atoms with E-state index in [0.717, 1.165) is 21.5 Å². The summed E-state index contributed by atoms with van der Waals surface area (Å²) in [6.07, 6.45) is 0.751. The Hall–Kier alpha value is -2.80. The fourth-order valence-electron chi connectivity index (χ4n) is 3.88. The van der Waals surface area contributed by atoms with E-state index in [1.165, 1.54) is 16.2 Å². The first-order valence-corrected chi connectivity index (χ1v) is 10.4. The van der Waals surface area contributed by atoms with Gasteiger partial charge in [-0.1, -0.05) is 41.9 Å². The number of thiazole rings is 1. The lowest BCUT2D eigenvalue weighted by atomic mass is 10.0. The van der Waals surface area contributed by atoms with Crippen LogP contribution in [0.25, 0.3) is 21.5 Å². The minimum atomic E-state index is -1.00. The molecule has 5 nitrogen and oxygen atoms in total. The van der Waals surface area contributed by atoms with Gasteiger partial charge in [-0.05, 0) is 25.1 Å². The first-order valence-electron chi connectivity index (χ1n) is 9.14. The summed E-state index contributed by atoms with van der Waals surface area (Å²) in [5.41, 5.74) is 5.16. The lowest BCUT2D eigenvalue weighted by molar-refractivity contribution is -0.000232. The average Bonchev–Trinajstić information content (AvgIpc) is 3.35. The molecular weight excluding hydrogens is 406 g/mol. The lowest BCUT2D eigenvalue weighted by Crippen LogP contribution is -2.31. The topological polar surface area (TPSA) is 66.3 Å². The monoisotopic (exact) mass is 421 g/mol. The zero-order chi connectivity index (χ0) is 20.1. The summed E-state index contributed by atoms with van der Waals surface area (Å²) in [4.78, 5) is 24.4. The smallest absolute Gasteiger partial charge is 0.257 e. The molecule has 1 amide bonds. The van der Waals surface area contributed by atoms with E-state index in [9.17, 15) is 9.90 Å². The van der Waals surface area contributed by atoms with Crippen LogP contribution >= 0.6 is 22.9 Å². The number of hydrogen-bond acceptors (Lipinski definition) is 5. The van der Waals surface area contributed by atoms with Crippen LogP contribution in [0.1, 0.15) is 40.7 Å². The molecule has 4 aromatic rings. The summed E-state index contributed by atoms with van der Waals surface area (Å²) in [6.45, 7) is 1.91. The van der Waals surface area contributed by atoms with Crippen molar-refractivity contribution >= 4 is 39.7 Å². The van der Waals surface area contributed by atoms with E-state index in [0.29, 0.717) is 21.7 Å². The molecule has 0 bridgehead atoms. The second kappa shape index (κ2) is 6.91. The van der Waals surface area contributed by atoms with Gasteiger partial charge in [0.05, 0.1) is 32.7 Å². The van der Waals surface area contributed by atoms with Crippen LogP contribution in [-0.2, 0) is 0 Å². The van der Waals surface area contributed by atoms with Crippen molar-refractivity contribution in [1.29, 1.82) is 0 Å². The fraction of sp³-hybridized carbons (Fsp3) is 0.136. The highest BCUT2D eigenvalue weighted by Gasteiger charge is 2.39. The second-order valence-electron chi connectivity index (χ2n) is 6.95. The highest BCUT2D eigenvalue weighted by Crippen LogP contribution is 2.42. The maximum Gasteiger partial charge on any atom is 0.257 e. The van der Waals surface area contributed by atoms with Crippen molar-refractivity contribution in [2.75, 3.05) is 0 Å². The molecule has 0 saturated heterocycles. The van der Waals surface area contributed by atoms with Crippen LogP contribution in [0.4, 0.5) is 0 Å². The van der Waals surface area contributed by atoms with Crippen molar-refractivity contribution < 1.29 is 9.90 Å². The number of aliphatic hydroxyl groups is 1. The first-order chi connectivity index (χ1) is 14.1. The summed E-state index contributed by atoms with van der Waals surface area (Å²) in [6, 6.07) is 14.4. The van der Waals surface area contributed by atoms with E-state index in [-0.39, 0.29) is 5.91 Å². The number of aromatic nitrogens is 2. The number of para-hydroxylation sites is 1. The standard InChI is InChI=1S/C22H16ClN3O2S/c1-12(26-21(27)14-6-2-3-7-15(14)22(26)28)16-9-13-5-4-8-17(23)19(13)25-20(16)18-10-24-11-29-18/h2-12,21,27H,1H3/t12-,21?/m0/s1. The predicted octanol–water partition coefficient (Wildman–Crippen LogP) is 5.22. The molecule has 0 fully saturated rings. The number of aliphatic hydroxyl groups excluding tert-OH is 1. The minimum Gasteiger partial charge on any atom is -0.369 e. The number of carbonyl (C=O) groups is 1. The third kappa shape index (κ3) is 2.83. The summed E-state index contributed by atoms with van der Waals surface area (Å²) >= 11 is 7.85. The van der Waals surface area contributed by atoms with Crippen LogP contribution in [0, 0.1) is 0 Å². The number of nitrogens with zero attached hydrogens (tertiary/aromatic N) is 3. The van der Waals surface area contributed by atoms with Crippen molar-refractivity contribution in [3.05, 3.63) is 82.0 Å². The van der Waals surface area contributed by atoms with Crippen molar-refractivity contribution in [2.24, 2.45) is 0 Å². The maximum atomic E-state index is 13.1. The number of amides is 1. The molecule has 2 aromatic carbocycles. The molecule has 0 aliphatic carbocycles. The van der Waals surface area contributed by atoms with Gasteiger partial charge >= 0.3 is 0 Å². The van der Waals surface area contributed by atoms with Gasteiger partial charge in [-0.2, -0.15) is 0 Å². The summed E-state index contributed by atoms with van der Waals surface area (Å²) < 4.78 is 0. The molecule has 1 N–H and O–H groups in total. The Morgan fingerprint density at radius 3 is 2.79 bits per heavy atom. The Morgan fingerprint density at radius 2 is 2.03 bits per heavy atom. The molecule has 1 unspecified atom stereocenters. The van der Waals surface area contributed by atoms with E-state index in [4.69, 9.17) is 16.6 Å². The molecule has 2 aromatic heterocycles. The van der Waals surface area contributed by atoms with Gasteiger partial charge in [0.15, 0.2) is 6.23 Å². The summed E-state index contributed by atoms with van der Waals surface area (Å²) in [5, 5.41) is 12.3. The fourth-order valence-corrected chi connectivity index (χ4v) is 4.74. The van der Waals surface area contributed by atoms with Gasteiger partial charge in [-0.25, -0.2) is 4.98 Å². The molecule has 0 saturated carbocycles. The molecule has 0 spiro atoms. The second-order valence-corrected chi connectivity index (χ2v) is 8.25. The number of carbonyl (C=O) groups excluding carboxylic acids is 1. The Kier molecular flexibility index (Phi) is 4.35. The molecule has 5 rings (SSSR count). The Balaban J connectivity index is 1.68. The Morgan fingerprint density at radius 1 is 1.21 bits per heavy atom. The van der Waals surface area contributed by atoms with E-state index < -0.39 is 12.3 Å². The zero-order valence-electron chi connectivity index (χ0n) is 15.4. The van der Waals surface area contributed by atoms with E-state index in [2.05, 4.69) is 4.98 Å². The maximum absolute atomic E-state index is 13.1. The normalized spacial score (nSPS) is 17.0. The number of halogens is 1. The van der Waals surface area contributed by atoms with Crippen LogP contribution in [0.15, 0.2) is 60.2 Å². The molecule has 1 aliphatic heterocycles. The third-order valence-electron chi connectivity index (χ3n) is 5.33. The van der Waals surface area contributed by atoms with Gasteiger partial charge in [0.1, 0.15) is 0 Å². The number of pyridine rings is 1. The number of benzene rings is 2. The van der Waals surface area contributed by atoms with Crippen molar-refractivity contribution in [3.8, 4) is 10.6 Å². The molecular formula is C22H16ClN3O2S. The van der Waals surface area contributed by atoms with Gasteiger partial charge < -0.3 is 10.0 Å². The number of hydrogen-bond donors (Lipinski definition) is 1. The molecule has 1 aliphatic rings. The van der Waals surface area contributed by atoms with Crippen LogP contribution < -0.4 is 0 Å². The largest absolute Gasteiger partial charge is 0.369 e. The van der Waals surface area contributed by atoms with E-state index in [1.54, 1.807) is 36.0 Å². The van der Waals surface area contributed by atoms with Crippen LogP contribution in [0.5, 0.6) is 0 Å². The highest BCUT2D eigenvalue weighted by atomic mass is 35.5. The van der Waals surface area contributed by atoms with Gasteiger partial charge in [-0.15, -0.1) is 11.3 Å². The summed E-state index contributed by atoms with van der Waals surface area (Å²) in [7, 11) is 0. The molecule has 2 atom stereocenters. The van der Waals surface area contributed by atoms with Gasteiger partial charge in [0.25, 0.3) is 5.91 Å². The minimum absolute atomic E-state index is 0.193. The molecule has 7 heteroatoms. The SMILES string of the molecule is C[C@@H](c1cc2cccc(Cl)c2nc1-c1cncs1)N1C(=O)c2ccccc2C1O. The lowest BCUT2D eigenvalue weighted by Gasteiger charge is -2.29.